The molecule has 0 aromatic rings. The minimum atomic E-state index is -0.119. The molecule has 0 amide bonds. The Labute approximate surface area is 64.8 Å². The average molecular weight is 166 g/mol. The van der Waals surface area contributed by atoms with Crippen LogP contribution in [0.3, 0.4) is 0 Å². The van der Waals surface area contributed by atoms with Crippen LogP contribution in [0.25, 0.3) is 0 Å². The Morgan fingerprint density at radius 3 is 2.10 bits per heavy atom. The lowest BCUT2D eigenvalue weighted by atomic mass is 10.6. The molecule has 0 unspecified atom stereocenters. The van der Waals surface area contributed by atoms with Crippen LogP contribution in [0.1, 0.15) is 13.3 Å². The summed E-state index contributed by atoms with van der Waals surface area (Å²) in [4.78, 5) is 0. The standard InChI is InChI=1S/C6H16O2Si.H2O/c1-4-5-9-6(7-2)8-3;/h6H,4-5,9H2,1-3H3;1H2. The van der Waals surface area contributed by atoms with Gasteiger partial charge in [0.2, 0.25) is 0 Å². The van der Waals surface area contributed by atoms with Gasteiger partial charge in [0.05, 0.1) is 9.52 Å². The third-order valence-corrected chi connectivity index (χ3v) is 3.57. The van der Waals surface area contributed by atoms with Crippen LogP contribution in [0.15, 0.2) is 0 Å². The molecule has 0 aliphatic rings. The van der Waals surface area contributed by atoms with E-state index in [1.807, 2.05) is 0 Å². The first-order valence-corrected chi connectivity index (χ1v) is 5.22. The fraction of sp³-hybridized carbons (Fsp3) is 1.00. The molecule has 0 aromatic heterocycles. The van der Waals surface area contributed by atoms with Crippen molar-refractivity contribution in [2.75, 3.05) is 14.2 Å². The number of hydrogen-bond acceptors (Lipinski definition) is 2. The van der Waals surface area contributed by atoms with E-state index in [1.165, 1.54) is 12.5 Å². The molecule has 0 radical (unpaired) electrons. The largest absolute Gasteiger partial charge is 0.412 e. The van der Waals surface area contributed by atoms with Crippen molar-refractivity contribution >= 4 is 9.52 Å². The average Bonchev–Trinajstić information content (AvgIpc) is 1.91. The van der Waals surface area contributed by atoms with E-state index in [9.17, 15) is 0 Å². The normalized spacial score (nSPS) is 10.8. The Kier molecular flexibility index (Phi) is 11.6. The zero-order valence-electron chi connectivity index (χ0n) is 7.02. The van der Waals surface area contributed by atoms with E-state index in [2.05, 4.69) is 6.92 Å². The summed E-state index contributed by atoms with van der Waals surface area (Å²) >= 11 is 0. The third kappa shape index (κ3) is 6.22. The summed E-state index contributed by atoms with van der Waals surface area (Å²) in [6.07, 6.45) is 1.26. The Morgan fingerprint density at radius 1 is 1.30 bits per heavy atom. The van der Waals surface area contributed by atoms with Gasteiger partial charge >= 0.3 is 0 Å². The Balaban J connectivity index is 0. The lowest BCUT2D eigenvalue weighted by Gasteiger charge is -2.10. The highest BCUT2D eigenvalue weighted by Gasteiger charge is 2.02. The van der Waals surface area contributed by atoms with Crippen molar-refractivity contribution in [3.8, 4) is 0 Å². The molecule has 64 valence electrons. The minimum Gasteiger partial charge on any atom is -0.412 e. The highest BCUT2D eigenvalue weighted by atomic mass is 28.2. The van der Waals surface area contributed by atoms with Crippen LogP contribution in [0, 0.1) is 0 Å². The second-order valence-electron chi connectivity index (χ2n) is 2.04. The molecule has 10 heavy (non-hydrogen) atoms. The van der Waals surface area contributed by atoms with Crippen LogP contribution in [0.5, 0.6) is 0 Å². The van der Waals surface area contributed by atoms with Gasteiger partial charge in [-0.3, -0.25) is 0 Å². The maximum atomic E-state index is 5.04. The molecule has 4 heteroatoms. The van der Waals surface area contributed by atoms with Crippen molar-refractivity contribution in [1.82, 2.24) is 0 Å². The van der Waals surface area contributed by atoms with Gasteiger partial charge in [0.1, 0.15) is 5.91 Å². The van der Waals surface area contributed by atoms with Crippen LogP contribution in [0.4, 0.5) is 0 Å². The summed E-state index contributed by atoms with van der Waals surface area (Å²) in [5.41, 5.74) is 0. The summed E-state index contributed by atoms with van der Waals surface area (Å²) < 4.78 is 10.1. The second kappa shape index (κ2) is 9.10. The summed E-state index contributed by atoms with van der Waals surface area (Å²) in [5.74, 6) is 0.143. The first-order chi connectivity index (χ1) is 4.35. The first-order valence-electron chi connectivity index (χ1n) is 3.40. The van der Waals surface area contributed by atoms with Crippen LogP contribution in [-0.4, -0.2) is 35.1 Å². The van der Waals surface area contributed by atoms with Gasteiger partial charge in [-0.25, -0.2) is 0 Å². The van der Waals surface area contributed by atoms with Crippen LogP contribution >= 0.6 is 0 Å². The van der Waals surface area contributed by atoms with Crippen molar-refractivity contribution in [3.63, 3.8) is 0 Å². The Bertz CT molecular complexity index is 57.0. The van der Waals surface area contributed by atoms with E-state index in [-0.39, 0.29) is 20.9 Å². The predicted octanol–water partition coefficient (Wildman–Crippen LogP) is -0.265. The molecular formula is C6H18O3Si. The van der Waals surface area contributed by atoms with E-state index in [0.29, 0.717) is 0 Å². The number of hydrogen-bond donors (Lipinski definition) is 0. The molecule has 0 rings (SSSR count). The fourth-order valence-corrected chi connectivity index (χ4v) is 1.92. The van der Waals surface area contributed by atoms with Gasteiger partial charge < -0.3 is 14.9 Å². The van der Waals surface area contributed by atoms with Gasteiger partial charge in [-0.2, -0.15) is 0 Å². The molecule has 0 saturated heterocycles. The SMILES string of the molecule is CCC[SiH2]C(OC)OC.O. The lowest BCUT2D eigenvalue weighted by Crippen LogP contribution is -2.20. The number of rotatable bonds is 5. The minimum absolute atomic E-state index is 0. The van der Waals surface area contributed by atoms with E-state index in [0.717, 1.165) is 0 Å². The predicted molar refractivity (Wildman–Crippen MR) is 45.1 cm³/mol. The molecule has 2 N–H and O–H groups in total. The molecule has 0 aliphatic heterocycles. The third-order valence-electron chi connectivity index (χ3n) is 1.32. The topological polar surface area (TPSA) is 50.0 Å². The van der Waals surface area contributed by atoms with Gasteiger partial charge in [-0.05, 0) is 0 Å². The quantitative estimate of drug-likeness (QED) is 0.417. The Morgan fingerprint density at radius 2 is 1.80 bits per heavy atom. The van der Waals surface area contributed by atoms with Gasteiger partial charge in [0, 0.05) is 14.2 Å². The molecule has 3 nitrogen and oxygen atoms in total. The highest BCUT2D eigenvalue weighted by Crippen LogP contribution is 1.94. The first kappa shape index (κ1) is 12.7. The smallest absolute Gasteiger partial charge is 0.134 e. The van der Waals surface area contributed by atoms with E-state index in [1.54, 1.807) is 14.2 Å². The molecule has 0 heterocycles. The molecule has 0 aliphatic carbocycles. The monoisotopic (exact) mass is 166 g/mol. The molecular weight excluding hydrogens is 148 g/mol. The van der Waals surface area contributed by atoms with E-state index < -0.39 is 0 Å². The van der Waals surface area contributed by atoms with Crippen LogP contribution < -0.4 is 0 Å². The summed E-state index contributed by atoms with van der Waals surface area (Å²) in [5, 5.41) is 0. The van der Waals surface area contributed by atoms with Crippen molar-refractivity contribution in [1.29, 1.82) is 0 Å². The fourth-order valence-electron chi connectivity index (χ4n) is 0.703. The molecule has 0 fully saturated rings. The van der Waals surface area contributed by atoms with E-state index in [4.69, 9.17) is 9.47 Å². The van der Waals surface area contributed by atoms with Crippen LogP contribution in [-0.2, 0) is 9.47 Å². The summed E-state index contributed by atoms with van der Waals surface area (Å²) in [6.45, 7) is 2.19. The van der Waals surface area contributed by atoms with Gasteiger partial charge in [-0.1, -0.05) is 19.4 Å². The summed E-state index contributed by atoms with van der Waals surface area (Å²) in [6, 6.07) is 1.31. The molecule has 0 spiro atoms. The van der Waals surface area contributed by atoms with Gasteiger partial charge in [0.25, 0.3) is 0 Å². The Hall–Kier alpha value is 0.0969. The lowest BCUT2D eigenvalue weighted by molar-refractivity contribution is -0.0441. The zero-order chi connectivity index (χ0) is 7.11. The summed E-state index contributed by atoms with van der Waals surface area (Å²) in [7, 11) is 3.29. The van der Waals surface area contributed by atoms with Gasteiger partial charge in [-0.15, -0.1) is 0 Å². The van der Waals surface area contributed by atoms with E-state index >= 15 is 0 Å². The van der Waals surface area contributed by atoms with Crippen molar-refractivity contribution in [2.24, 2.45) is 0 Å². The molecule has 0 saturated carbocycles. The number of ether oxygens (including phenoxy) is 2. The van der Waals surface area contributed by atoms with Gasteiger partial charge in [0.15, 0.2) is 0 Å². The second-order valence-corrected chi connectivity index (χ2v) is 3.99. The number of methoxy groups -OCH3 is 2. The molecule has 0 aromatic carbocycles. The highest BCUT2D eigenvalue weighted by molar-refractivity contribution is 6.36. The molecule has 0 atom stereocenters. The zero-order valence-corrected chi connectivity index (χ0v) is 8.43. The van der Waals surface area contributed by atoms with Crippen molar-refractivity contribution in [2.45, 2.75) is 25.3 Å². The molecule has 0 bridgehead atoms. The maximum Gasteiger partial charge on any atom is 0.134 e. The van der Waals surface area contributed by atoms with Crippen molar-refractivity contribution in [3.05, 3.63) is 0 Å². The maximum absolute atomic E-state index is 5.04. The van der Waals surface area contributed by atoms with Crippen LogP contribution in [0.2, 0.25) is 6.04 Å². The van der Waals surface area contributed by atoms with Crippen molar-refractivity contribution < 1.29 is 14.9 Å².